The fourth-order valence-corrected chi connectivity index (χ4v) is 1.60. The van der Waals surface area contributed by atoms with Crippen molar-refractivity contribution in [3.63, 3.8) is 0 Å². The highest BCUT2D eigenvalue weighted by Gasteiger charge is 2.02. The molecule has 0 aliphatic heterocycles. The second-order valence-electron chi connectivity index (χ2n) is 3.43. The van der Waals surface area contributed by atoms with Gasteiger partial charge in [-0.3, -0.25) is 4.98 Å². The highest BCUT2D eigenvalue weighted by molar-refractivity contribution is 5.63. The van der Waals surface area contributed by atoms with Gasteiger partial charge in [-0.05, 0) is 18.2 Å². The van der Waals surface area contributed by atoms with E-state index in [4.69, 9.17) is 5.73 Å². The number of nitrogens with two attached hydrogens (primary N) is 1. The summed E-state index contributed by atoms with van der Waals surface area (Å²) in [4.78, 5) is 8.14. The molecule has 0 saturated carbocycles. The standard InChI is InChI=1S/C11H9N5/c12-11-14-10-4-3-9(7-16(10)15-11)8-2-1-5-13-6-8/h1-7H,(H2,12,15). The maximum Gasteiger partial charge on any atom is 0.240 e. The molecular formula is C11H9N5. The lowest BCUT2D eigenvalue weighted by atomic mass is 10.1. The van der Waals surface area contributed by atoms with Crippen LogP contribution in [0, 0.1) is 0 Å². The minimum atomic E-state index is 0.281. The Balaban J connectivity index is 2.18. The molecule has 5 heteroatoms. The normalized spacial score (nSPS) is 10.8. The van der Waals surface area contributed by atoms with Crippen LogP contribution in [0.2, 0.25) is 0 Å². The Bertz CT molecular complexity index is 629. The van der Waals surface area contributed by atoms with Crippen LogP contribution < -0.4 is 5.73 Å². The van der Waals surface area contributed by atoms with Crippen molar-refractivity contribution in [3.05, 3.63) is 42.9 Å². The lowest BCUT2D eigenvalue weighted by molar-refractivity contribution is 0.969. The van der Waals surface area contributed by atoms with E-state index in [9.17, 15) is 0 Å². The summed E-state index contributed by atoms with van der Waals surface area (Å²) in [6.45, 7) is 0. The molecule has 3 aromatic heterocycles. The zero-order valence-corrected chi connectivity index (χ0v) is 8.41. The zero-order valence-electron chi connectivity index (χ0n) is 8.41. The van der Waals surface area contributed by atoms with Crippen molar-refractivity contribution in [1.29, 1.82) is 0 Å². The van der Waals surface area contributed by atoms with Crippen molar-refractivity contribution in [2.75, 3.05) is 5.73 Å². The maximum atomic E-state index is 5.52. The van der Waals surface area contributed by atoms with E-state index >= 15 is 0 Å². The van der Waals surface area contributed by atoms with E-state index < -0.39 is 0 Å². The number of rotatable bonds is 1. The molecule has 3 aromatic rings. The molecule has 3 rings (SSSR count). The molecule has 0 radical (unpaired) electrons. The van der Waals surface area contributed by atoms with Crippen LogP contribution in [-0.4, -0.2) is 19.6 Å². The van der Waals surface area contributed by atoms with Crippen LogP contribution >= 0.6 is 0 Å². The number of hydrogen-bond acceptors (Lipinski definition) is 4. The summed E-state index contributed by atoms with van der Waals surface area (Å²) in [6.07, 6.45) is 5.44. The predicted octanol–water partition coefficient (Wildman–Crippen LogP) is 1.37. The number of pyridine rings is 2. The molecule has 0 saturated heterocycles. The van der Waals surface area contributed by atoms with E-state index in [1.807, 2.05) is 30.5 Å². The van der Waals surface area contributed by atoms with Gasteiger partial charge in [-0.25, -0.2) is 4.52 Å². The highest BCUT2D eigenvalue weighted by Crippen LogP contribution is 2.18. The molecule has 0 aromatic carbocycles. The van der Waals surface area contributed by atoms with Crippen molar-refractivity contribution in [3.8, 4) is 11.1 Å². The van der Waals surface area contributed by atoms with Gasteiger partial charge in [-0.2, -0.15) is 4.98 Å². The molecule has 5 nitrogen and oxygen atoms in total. The van der Waals surface area contributed by atoms with E-state index in [0.29, 0.717) is 0 Å². The third-order valence-corrected chi connectivity index (χ3v) is 2.34. The Morgan fingerprint density at radius 2 is 2.06 bits per heavy atom. The van der Waals surface area contributed by atoms with Gasteiger partial charge in [0, 0.05) is 29.7 Å². The summed E-state index contributed by atoms with van der Waals surface area (Å²) in [7, 11) is 0. The SMILES string of the molecule is Nc1nc2ccc(-c3cccnc3)cn2n1. The molecular weight excluding hydrogens is 202 g/mol. The first kappa shape index (κ1) is 8.84. The lowest BCUT2D eigenvalue weighted by Crippen LogP contribution is -1.90. The van der Waals surface area contributed by atoms with Gasteiger partial charge >= 0.3 is 0 Å². The van der Waals surface area contributed by atoms with E-state index in [0.717, 1.165) is 16.8 Å². The van der Waals surface area contributed by atoms with Crippen LogP contribution in [0.25, 0.3) is 16.8 Å². The third-order valence-electron chi connectivity index (χ3n) is 2.34. The average molecular weight is 211 g/mol. The first-order valence-electron chi connectivity index (χ1n) is 4.85. The summed E-state index contributed by atoms with van der Waals surface area (Å²) in [5.74, 6) is 0.281. The van der Waals surface area contributed by atoms with Gasteiger partial charge in [0.05, 0.1) is 0 Å². The predicted molar refractivity (Wildman–Crippen MR) is 60.6 cm³/mol. The molecule has 0 aliphatic carbocycles. The Morgan fingerprint density at radius 3 is 2.88 bits per heavy atom. The number of nitrogen functional groups attached to an aromatic ring is 1. The van der Waals surface area contributed by atoms with Crippen LogP contribution in [0.15, 0.2) is 42.9 Å². The van der Waals surface area contributed by atoms with Crippen LogP contribution in [0.1, 0.15) is 0 Å². The lowest BCUT2D eigenvalue weighted by Gasteiger charge is -2.00. The molecule has 0 spiro atoms. The zero-order chi connectivity index (χ0) is 11.0. The molecule has 0 amide bonds. The Morgan fingerprint density at radius 1 is 1.12 bits per heavy atom. The Hall–Kier alpha value is -2.43. The van der Waals surface area contributed by atoms with Crippen molar-refractivity contribution >= 4 is 11.6 Å². The van der Waals surface area contributed by atoms with Gasteiger partial charge in [0.15, 0.2) is 5.65 Å². The molecule has 3 heterocycles. The first-order valence-corrected chi connectivity index (χ1v) is 4.85. The van der Waals surface area contributed by atoms with Gasteiger partial charge < -0.3 is 5.73 Å². The molecule has 16 heavy (non-hydrogen) atoms. The smallest absolute Gasteiger partial charge is 0.240 e. The minimum Gasteiger partial charge on any atom is -0.366 e. The monoisotopic (exact) mass is 211 g/mol. The van der Waals surface area contributed by atoms with Gasteiger partial charge in [0.2, 0.25) is 5.95 Å². The number of hydrogen-bond donors (Lipinski definition) is 1. The van der Waals surface area contributed by atoms with E-state index in [2.05, 4.69) is 15.1 Å². The highest BCUT2D eigenvalue weighted by atomic mass is 15.3. The average Bonchev–Trinajstić information content (AvgIpc) is 2.69. The Kier molecular flexibility index (Phi) is 1.83. The second-order valence-corrected chi connectivity index (χ2v) is 3.43. The summed E-state index contributed by atoms with van der Waals surface area (Å²) in [6, 6.07) is 7.75. The second kappa shape index (κ2) is 3.30. The van der Waals surface area contributed by atoms with Gasteiger partial charge in [-0.1, -0.05) is 6.07 Å². The van der Waals surface area contributed by atoms with Crippen LogP contribution in [-0.2, 0) is 0 Å². The summed E-state index contributed by atoms with van der Waals surface area (Å²) in [5.41, 5.74) is 8.34. The number of anilines is 1. The van der Waals surface area contributed by atoms with Gasteiger partial charge in [0.25, 0.3) is 0 Å². The van der Waals surface area contributed by atoms with Gasteiger partial charge in [-0.15, -0.1) is 5.10 Å². The number of fused-ring (bicyclic) bond motifs is 1. The quantitative estimate of drug-likeness (QED) is 0.660. The topological polar surface area (TPSA) is 69.1 Å². The molecule has 0 atom stereocenters. The van der Waals surface area contributed by atoms with Crippen molar-refractivity contribution < 1.29 is 0 Å². The molecule has 2 N–H and O–H groups in total. The van der Waals surface area contributed by atoms with Crippen molar-refractivity contribution in [1.82, 2.24) is 19.6 Å². The van der Waals surface area contributed by atoms with Crippen molar-refractivity contribution in [2.24, 2.45) is 0 Å². The third kappa shape index (κ3) is 1.38. The van der Waals surface area contributed by atoms with Gasteiger partial charge in [0.1, 0.15) is 0 Å². The van der Waals surface area contributed by atoms with Crippen LogP contribution in [0.4, 0.5) is 5.95 Å². The maximum absolute atomic E-state index is 5.52. The van der Waals surface area contributed by atoms with E-state index in [1.54, 1.807) is 16.9 Å². The number of nitrogens with zero attached hydrogens (tertiary/aromatic N) is 4. The molecule has 0 aliphatic rings. The van der Waals surface area contributed by atoms with E-state index in [-0.39, 0.29) is 5.95 Å². The number of aromatic nitrogens is 4. The van der Waals surface area contributed by atoms with Crippen LogP contribution in [0.5, 0.6) is 0 Å². The van der Waals surface area contributed by atoms with E-state index in [1.165, 1.54) is 0 Å². The largest absolute Gasteiger partial charge is 0.366 e. The summed E-state index contributed by atoms with van der Waals surface area (Å²) < 4.78 is 1.66. The first-order chi connectivity index (χ1) is 7.83. The summed E-state index contributed by atoms with van der Waals surface area (Å²) >= 11 is 0. The molecule has 0 unspecified atom stereocenters. The fraction of sp³-hybridized carbons (Fsp3) is 0. The molecule has 0 bridgehead atoms. The minimum absolute atomic E-state index is 0.281. The fourth-order valence-electron chi connectivity index (χ4n) is 1.60. The summed E-state index contributed by atoms with van der Waals surface area (Å²) in [5, 5.41) is 4.06. The van der Waals surface area contributed by atoms with Crippen molar-refractivity contribution in [2.45, 2.75) is 0 Å². The molecule has 0 fully saturated rings. The Labute approximate surface area is 91.6 Å². The van der Waals surface area contributed by atoms with Crippen LogP contribution in [0.3, 0.4) is 0 Å². The molecule has 78 valence electrons.